The maximum Gasteiger partial charge on any atom is 0.326 e. The molecule has 0 saturated heterocycles. The highest BCUT2D eigenvalue weighted by Gasteiger charge is 2.40. The van der Waals surface area contributed by atoms with Gasteiger partial charge < -0.3 is 20.2 Å². The summed E-state index contributed by atoms with van der Waals surface area (Å²) >= 11 is 0. The summed E-state index contributed by atoms with van der Waals surface area (Å²) in [6.45, 7) is 1.47. The van der Waals surface area contributed by atoms with Gasteiger partial charge >= 0.3 is 5.97 Å². The van der Waals surface area contributed by atoms with Crippen molar-refractivity contribution >= 4 is 23.4 Å². The lowest BCUT2D eigenvalue weighted by molar-refractivity contribution is -0.141. The van der Waals surface area contributed by atoms with Gasteiger partial charge in [-0.1, -0.05) is 0 Å². The van der Waals surface area contributed by atoms with Crippen molar-refractivity contribution in [1.82, 2.24) is 19.3 Å². The number of aromatic nitrogens is 3. The fourth-order valence-electron chi connectivity index (χ4n) is 3.12. The van der Waals surface area contributed by atoms with Crippen LogP contribution in [0.2, 0.25) is 0 Å². The van der Waals surface area contributed by atoms with E-state index in [4.69, 9.17) is 10.2 Å². The van der Waals surface area contributed by atoms with Crippen LogP contribution in [0.3, 0.4) is 0 Å². The van der Waals surface area contributed by atoms with Crippen molar-refractivity contribution < 1.29 is 23.9 Å². The van der Waals surface area contributed by atoms with Crippen LogP contribution in [-0.2, 0) is 4.79 Å². The number of carboxylic acids is 1. The lowest BCUT2D eigenvalue weighted by atomic mass is 10.2. The Morgan fingerprint density at radius 3 is 2.71 bits per heavy atom. The number of imidazole rings is 1. The van der Waals surface area contributed by atoms with Gasteiger partial charge in [0.25, 0.3) is 11.8 Å². The fraction of sp³-hybridized carbons (Fsp3) is 0.278. The van der Waals surface area contributed by atoms with E-state index in [-0.39, 0.29) is 23.1 Å². The summed E-state index contributed by atoms with van der Waals surface area (Å²) in [6, 6.07) is 3.66. The summed E-state index contributed by atoms with van der Waals surface area (Å²) in [5.41, 5.74) is 5.81. The van der Waals surface area contributed by atoms with Gasteiger partial charge in [-0.3, -0.25) is 14.0 Å². The lowest BCUT2D eigenvalue weighted by Crippen LogP contribution is -2.45. The van der Waals surface area contributed by atoms with Gasteiger partial charge in [-0.05, 0) is 38.0 Å². The van der Waals surface area contributed by atoms with Crippen molar-refractivity contribution in [2.24, 2.45) is 5.73 Å². The van der Waals surface area contributed by atoms with Crippen molar-refractivity contribution in [1.29, 1.82) is 0 Å². The van der Waals surface area contributed by atoms with Gasteiger partial charge in [0, 0.05) is 6.04 Å². The molecule has 1 unspecified atom stereocenters. The second kappa shape index (κ2) is 6.48. The zero-order valence-electron chi connectivity index (χ0n) is 14.9. The van der Waals surface area contributed by atoms with Gasteiger partial charge in [-0.2, -0.15) is 0 Å². The molecule has 1 atom stereocenters. The first-order valence-electron chi connectivity index (χ1n) is 8.65. The van der Waals surface area contributed by atoms with E-state index in [1.807, 2.05) is 0 Å². The molecule has 1 aliphatic carbocycles. The monoisotopic (exact) mass is 383 g/mol. The fourth-order valence-corrected chi connectivity index (χ4v) is 3.12. The first-order chi connectivity index (χ1) is 13.4. The third-order valence-corrected chi connectivity index (χ3v) is 4.68. The predicted octanol–water partition coefficient (Wildman–Crippen LogP) is 1.17. The Morgan fingerprint density at radius 2 is 2.14 bits per heavy atom. The number of aliphatic carboxylic acids is 1. The third kappa shape index (κ3) is 2.88. The number of nitrogens with zero attached hydrogens (tertiary/aromatic N) is 4. The van der Waals surface area contributed by atoms with E-state index in [0.29, 0.717) is 11.5 Å². The minimum absolute atomic E-state index is 0.0910. The number of nitrogens with two attached hydrogens (primary N) is 1. The molecule has 1 fully saturated rings. The topological polar surface area (TPSA) is 144 Å². The molecule has 0 spiro atoms. The van der Waals surface area contributed by atoms with Crippen LogP contribution in [0.25, 0.3) is 17.1 Å². The standard InChI is InChI=1S/C18H17N5O5/c1-9(18(26)27)23(10-4-5-10)17(25)12-7-11(13-3-2-6-28-13)21-16-14(15(19)24)20-8-22(12)16/h2-3,6-10H,4-5H2,1H3,(H2,19,24)(H,26,27). The maximum absolute atomic E-state index is 13.3. The molecule has 10 nitrogen and oxygen atoms in total. The highest BCUT2D eigenvalue weighted by molar-refractivity contribution is 6.00. The summed E-state index contributed by atoms with van der Waals surface area (Å²) in [5, 5.41) is 9.42. The van der Waals surface area contributed by atoms with Gasteiger partial charge in [-0.15, -0.1) is 0 Å². The number of carbonyl (C=O) groups excluding carboxylic acids is 2. The summed E-state index contributed by atoms with van der Waals surface area (Å²) in [6.07, 6.45) is 4.20. The van der Waals surface area contributed by atoms with E-state index in [2.05, 4.69) is 9.97 Å². The number of carbonyl (C=O) groups is 3. The summed E-state index contributed by atoms with van der Waals surface area (Å²) in [5.74, 6) is -1.99. The zero-order valence-corrected chi connectivity index (χ0v) is 14.9. The molecule has 4 rings (SSSR count). The van der Waals surface area contributed by atoms with Crippen LogP contribution in [0, 0.1) is 0 Å². The number of primary amides is 1. The van der Waals surface area contributed by atoms with Gasteiger partial charge in [0.2, 0.25) is 0 Å². The minimum atomic E-state index is -1.10. The zero-order chi connectivity index (χ0) is 20.0. The smallest absolute Gasteiger partial charge is 0.326 e. The molecule has 0 aromatic carbocycles. The molecule has 3 aromatic rings. The average Bonchev–Trinajstić information content (AvgIpc) is 3.17. The van der Waals surface area contributed by atoms with E-state index in [1.54, 1.807) is 12.1 Å². The van der Waals surface area contributed by atoms with E-state index < -0.39 is 23.8 Å². The van der Waals surface area contributed by atoms with Crippen molar-refractivity contribution in [2.75, 3.05) is 0 Å². The first kappa shape index (κ1) is 17.7. The number of carboxylic acid groups (broad SMARTS) is 1. The Balaban J connectivity index is 1.91. The van der Waals surface area contributed by atoms with Crippen LogP contribution < -0.4 is 5.73 Å². The summed E-state index contributed by atoms with van der Waals surface area (Å²) in [4.78, 5) is 46.2. The van der Waals surface area contributed by atoms with E-state index >= 15 is 0 Å². The molecular weight excluding hydrogens is 366 g/mol. The first-order valence-corrected chi connectivity index (χ1v) is 8.65. The highest BCUT2D eigenvalue weighted by Crippen LogP contribution is 2.31. The number of fused-ring (bicyclic) bond motifs is 1. The van der Waals surface area contributed by atoms with Crippen LogP contribution in [0.4, 0.5) is 0 Å². The average molecular weight is 383 g/mol. The molecule has 10 heteroatoms. The van der Waals surface area contributed by atoms with E-state index in [1.165, 1.54) is 34.9 Å². The Kier molecular flexibility index (Phi) is 4.10. The van der Waals surface area contributed by atoms with Gasteiger partial charge in [-0.25, -0.2) is 14.8 Å². The molecule has 2 amide bonds. The number of hydrogen-bond donors (Lipinski definition) is 2. The summed E-state index contributed by atoms with van der Waals surface area (Å²) in [7, 11) is 0. The SMILES string of the molecule is CC(C(=O)O)N(C(=O)c1cc(-c2ccco2)nc2c(C(N)=O)ncn12)C1CC1. The molecule has 28 heavy (non-hydrogen) atoms. The molecule has 1 saturated carbocycles. The van der Waals surface area contributed by atoms with Gasteiger partial charge in [0.05, 0.1) is 6.26 Å². The molecule has 3 N–H and O–H groups in total. The quantitative estimate of drug-likeness (QED) is 0.650. The number of amides is 2. The third-order valence-electron chi connectivity index (χ3n) is 4.68. The van der Waals surface area contributed by atoms with Crippen molar-refractivity contribution in [3.63, 3.8) is 0 Å². The molecule has 0 bridgehead atoms. The van der Waals surface area contributed by atoms with Gasteiger partial charge in [0.15, 0.2) is 17.1 Å². The van der Waals surface area contributed by atoms with E-state index in [9.17, 15) is 19.5 Å². The van der Waals surface area contributed by atoms with Gasteiger partial charge in [0.1, 0.15) is 23.8 Å². The van der Waals surface area contributed by atoms with Crippen LogP contribution in [0.1, 0.15) is 40.7 Å². The summed E-state index contributed by atoms with van der Waals surface area (Å²) < 4.78 is 6.70. The second-order valence-electron chi connectivity index (χ2n) is 6.61. The Bertz CT molecular complexity index is 1080. The second-order valence-corrected chi connectivity index (χ2v) is 6.61. The number of rotatable bonds is 6. The maximum atomic E-state index is 13.3. The van der Waals surface area contributed by atoms with Crippen LogP contribution >= 0.6 is 0 Å². The Morgan fingerprint density at radius 1 is 1.39 bits per heavy atom. The van der Waals surface area contributed by atoms with Crippen molar-refractivity contribution in [2.45, 2.75) is 31.8 Å². The van der Waals surface area contributed by atoms with Crippen molar-refractivity contribution in [3.05, 3.63) is 42.2 Å². The number of hydrogen-bond acceptors (Lipinski definition) is 6. The van der Waals surface area contributed by atoms with Crippen LogP contribution in [0.5, 0.6) is 0 Å². The molecule has 144 valence electrons. The molecule has 1 aliphatic rings. The number of furan rings is 1. The van der Waals surface area contributed by atoms with Crippen LogP contribution in [-0.4, -0.2) is 54.2 Å². The molecule has 0 radical (unpaired) electrons. The van der Waals surface area contributed by atoms with Crippen molar-refractivity contribution in [3.8, 4) is 11.5 Å². The molecule has 0 aliphatic heterocycles. The normalized spacial score (nSPS) is 14.8. The Labute approximate surface area is 158 Å². The van der Waals surface area contributed by atoms with Crippen LogP contribution in [0.15, 0.2) is 35.2 Å². The van der Waals surface area contributed by atoms with E-state index in [0.717, 1.165) is 12.8 Å². The lowest BCUT2D eigenvalue weighted by Gasteiger charge is -2.26. The Hall–Kier alpha value is -3.69. The molecule has 3 heterocycles. The predicted molar refractivity (Wildman–Crippen MR) is 95.5 cm³/mol. The highest BCUT2D eigenvalue weighted by atomic mass is 16.4. The molecule has 3 aromatic heterocycles. The molecular formula is C18H17N5O5. The minimum Gasteiger partial charge on any atom is -0.480 e. The largest absolute Gasteiger partial charge is 0.480 e.